The van der Waals surface area contributed by atoms with Crippen molar-refractivity contribution in [2.45, 2.75) is 0 Å². The van der Waals surface area contributed by atoms with Gasteiger partial charge < -0.3 is 0 Å². The molecule has 0 spiro atoms. The fourth-order valence-electron chi connectivity index (χ4n) is 0.447. The third-order valence-corrected chi connectivity index (χ3v) is 0.894. The molecule has 0 bridgehead atoms. The molecule has 0 nitrogen and oxygen atoms in total. The van der Waals surface area contributed by atoms with Gasteiger partial charge in [0.2, 0.25) is 0 Å². The van der Waals surface area contributed by atoms with E-state index in [4.69, 9.17) is 6.42 Å². The summed E-state index contributed by atoms with van der Waals surface area (Å²) >= 11 is 0. The first-order valence-electron chi connectivity index (χ1n) is 3.04. The van der Waals surface area contributed by atoms with E-state index in [1.54, 1.807) is 0 Å². The molecule has 0 amide bonds. The zero-order valence-corrected chi connectivity index (χ0v) is 7.54. The third kappa shape index (κ3) is 6.19. The zero-order valence-electron chi connectivity index (χ0n) is 6.43. The Morgan fingerprint density at radius 2 is 1.15 bits per heavy atom. The Kier molecular flexibility index (Phi) is 8.72. The molecule has 0 aliphatic heterocycles. The van der Waals surface area contributed by atoms with Crippen LogP contribution in [0.15, 0.2) is 0 Å². The molecule has 57 valence electrons. The molecular weight excluding hydrogens is 200 g/mol. The minimum Gasteiger partial charge on any atom is -0.119 e. The molecule has 0 N–H and O–H groups in total. The summed E-state index contributed by atoms with van der Waals surface area (Å²) in [6, 6.07) is 0. The summed E-state index contributed by atoms with van der Waals surface area (Å²) < 4.78 is 0. The first-order valence-corrected chi connectivity index (χ1v) is 3.04. The van der Waals surface area contributed by atoms with Crippen LogP contribution in [0.1, 0.15) is 0 Å². The molecule has 2 aliphatic carbocycles. The van der Waals surface area contributed by atoms with E-state index in [-0.39, 0.29) is 17.1 Å². The van der Waals surface area contributed by atoms with Crippen LogP contribution in [0.3, 0.4) is 0 Å². The Balaban J connectivity index is 0.000000215. The first-order chi connectivity index (χ1) is 5.93. The van der Waals surface area contributed by atoms with Crippen LogP contribution >= 0.6 is 0 Å². The molecule has 0 unspecified atom stereocenters. The Hall–Kier alpha value is 0.0795. The fraction of sp³-hybridized carbons (Fsp3) is 0. The first kappa shape index (κ1) is 13.1. The standard InChI is InChI=1S/C7H.C5.Fe/c1-2-7-5-3-4-6-7;1-2-4-5-3-1;/h1H;;. The van der Waals surface area contributed by atoms with Gasteiger partial charge >= 0.3 is 0 Å². The van der Waals surface area contributed by atoms with Gasteiger partial charge in [0.05, 0.1) is 5.92 Å². The van der Waals surface area contributed by atoms with Crippen molar-refractivity contribution in [3.63, 3.8) is 0 Å². The quantitative estimate of drug-likeness (QED) is 0.404. The van der Waals surface area contributed by atoms with Gasteiger partial charge in [-0.3, -0.25) is 0 Å². The Morgan fingerprint density at radius 1 is 0.769 bits per heavy atom. The Labute approximate surface area is 93.3 Å². The van der Waals surface area contributed by atoms with Gasteiger partial charge in [0.25, 0.3) is 0 Å². The molecule has 19 radical (unpaired) electrons. The molecule has 0 aromatic heterocycles. The molecule has 1 heteroatoms. The van der Waals surface area contributed by atoms with Crippen molar-refractivity contribution >= 4 is 0 Å². The van der Waals surface area contributed by atoms with Gasteiger partial charge in [-0.2, -0.15) is 0 Å². The smallest absolute Gasteiger partial charge is 0.0638 e. The third-order valence-electron chi connectivity index (χ3n) is 0.894. The summed E-state index contributed by atoms with van der Waals surface area (Å²) in [5.41, 5.74) is 0. The van der Waals surface area contributed by atoms with Crippen LogP contribution in [0.25, 0.3) is 0 Å². The van der Waals surface area contributed by atoms with Crippen LogP contribution in [0.4, 0.5) is 0 Å². The number of hydrogen-bond acceptors (Lipinski definition) is 0. The van der Waals surface area contributed by atoms with Crippen LogP contribution in [-0.4, -0.2) is 0 Å². The van der Waals surface area contributed by atoms with E-state index >= 15 is 0 Å². The fourth-order valence-corrected chi connectivity index (χ4v) is 0.447. The van der Waals surface area contributed by atoms with Crippen LogP contribution in [-0.2, 0) is 17.1 Å². The maximum absolute atomic E-state index is 4.94. The van der Waals surface area contributed by atoms with Gasteiger partial charge in [0, 0.05) is 74.9 Å². The second-order valence-electron chi connectivity index (χ2n) is 1.64. The largest absolute Gasteiger partial charge is 0.119 e. The van der Waals surface area contributed by atoms with Crippen LogP contribution in [0, 0.1) is 76.0 Å². The van der Waals surface area contributed by atoms with E-state index in [1.807, 2.05) is 0 Å². The average molecular weight is 201 g/mol. The minimum absolute atomic E-state index is 0. The Bertz CT molecular complexity index is 128. The van der Waals surface area contributed by atoms with Gasteiger partial charge in [0.15, 0.2) is 0 Å². The molecule has 2 rings (SSSR count). The van der Waals surface area contributed by atoms with E-state index in [1.165, 1.54) is 0 Å². The van der Waals surface area contributed by atoms with Gasteiger partial charge in [-0.25, -0.2) is 0 Å². The van der Waals surface area contributed by atoms with E-state index in [9.17, 15) is 0 Å². The van der Waals surface area contributed by atoms with Crippen molar-refractivity contribution in [2.24, 2.45) is 0 Å². The molecule has 0 heterocycles. The summed E-state index contributed by atoms with van der Waals surface area (Å²) in [7, 11) is 0. The second kappa shape index (κ2) is 8.67. The normalized spacial score (nSPS) is 21.2. The van der Waals surface area contributed by atoms with E-state index in [2.05, 4.69) is 63.7 Å². The van der Waals surface area contributed by atoms with Crippen molar-refractivity contribution in [3.05, 3.63) is 63.7 Å². The van der Waals surface area contributed by atoms with E-state index < -0.39 is 0 Å². The summed E-state index contributed by atoms with van der Waals surface area (Å²) in [6.07, 6.45) is 27.7. The zero-order chi connectivity index (χ0) is 8.65. The molecule has 0 saturated heterocycles. The summed E-state index contributed by atoms with van der Waals surface area (Å²) in [6.45, 7) is 0. The summed E-state index contributed by atoms with van der Waals surface area (Å²) in [5, 5.41) is 0. The molecule has 2 saturated carbocycles. The van der Waals surface area contributed by atoms with Crippen molar-refractivity contribution in [3.8, 4) is 12.3 Å². The molecule has 0 aromatic carbocycles. The maximum atomic E-state index is 4.94. The van der Waals surface area contributed by atoms with Gasteiger partial charge in [-0.05, 0) is 0 Å². The molecule has 0 aromatic rings. The van der Waals surface area contributed by atoms with Gasteiger partial charge in [0.1, 0.15) is 0 Å². The Morgan fingerprint density at radius 3 is 1.38 bits per heavy atom. The predicted molar refractivity (Wildman–Crippen MR) is 41.3 cm³/mol. The summed E-state index contributed by atoms with van der Waals surface area (Å²) in [4.78, 5) is 0. The van der Waals surface area contributed by atoms with E-state index in [0.29, 0.717) is 5.92 Å². The van der Waals surface area contributed by atoms with E-state index in [0.717, 1.165) is 0 Å². The van der Waals surface area contributed by atoms with Gasteiger partial charge in [-0.1, -0.05) is 5.92 Å². The van der Waals surface area contributed by atoms with Crippen LogP contribution < -0.4 is 0 Å². The minimum atomic E-state index is 0. The topological polar surface area (TPSA) is 0 Å². The number of hydrogen-bond donors (Lipinski definition) is 0. The van der Waals surface area contributed by atoms with Crippen molar-refractivity contribution in [1.82, 2.24) is 0 Å². The molecule has 0 atom stereocenters. The van der Waals surface area contributed by atoms with Crippen LogP contribution in [0.2, 0.25) is 0 Å². The maximum Gasteiger partial charge on any atom is 0.0638 e. The average Bonchev–Trinajstić information content (AvgIpc) is 2.81. The molecule has 13 heavy (non-hydrogen) atoms. The van der Waals surface area contributed by atoms with Crippen LogP contribution in [0.5, 0.6) is 0 Å². The second-order valence-corrected chi connectivity index (χ2v) is 1.64. The SMILES string of the molecule is C#C[C]1[C][C][C][C]1.[C]1[C][C][C][C]1.[Fe]. The van der Waals surface area contributed by atoms with Crippen molar-refractivity contribution < 1.29 is 17.1 Å². The van der Waals surface area contributed by atoms with Crippen molar-refractivity contribution in [2.75, 3.05) is 0 Å². The molecular formula is C12HFe. The molecule has 2 aliphatic rings. The number of terminal acetylenes is 1. The number of rotatable bonds is 0. The van der Waals surface area contributed by atoms with Gasteiger partial charge in [-0.15, -0.1) is 6.42 Å². The molecule has 2 fully saturated rings. The summed E-state index contributed by atoms with van der Waals surface area (Å²) in [5.74, 6) is 2.93. The monoisotopic (exact) mass is 201 g/mol. The predicted octanol–water partition coefficient (Wildman–Crippen LogP) is 0.937. The van der Waals surface area contributed by atoms with Crippen molar-refractivity contribution in [1.29, 1.82) is 0 Å².